The molecule has 2 nitrogen and oxygen atoms in total. The molecule has 6 rings (SSSR count). The van der Waals surface area contributed by atoms with Crippen LogP contribution in [0.5, 0.6) is 0 Å². The van der Waals surface area contributed by atoms with E-state index in [4.69, 9.17) is 4.98 Å². The second-order valence-electron chi connectivity index (χ2n) is 11.8. The van der Waals surface area contributed by atoms with Crippen molar-refractivity contribution in [3.05, 3.63) is 175 Å². The summed E-state index contributed by atoms with van der Waals surface area (Å²) in [5.74, 6) is 0.227. The van der Waals surface area contributed by atoms with Crippen LogP contribution in [-0.2, 0) is 12.6 Å². The molecule has 44 heavy (non-hydrogen) atoms. The van der Waals surface area contributed by atoms with Crippen molar-refractivity contribution < 1.29 is 0 Å². The number of aryl methyl sites for hydroxylation is 1. The minimum atomic E-state index is -2.53. The lowest BCUT2D eigenvalue weighted by molar-refractivity contribution is 0.717. The van der Waals surface area contributed by atoms with Gasteiger partial charge in [0.1, 0.15) is 0 Å². The first-order valence-electron chi connectivity index (χ1n) is 16.1. The average Bonchev–Trinajstić information content (AvgIpc) is 3.54. The van der Waals surface area contributed by atoms with Gasteiger partial charge in [-0.25, -0.2) is 0 Å². The molecule has 1 heterocycles. The zero-order chi connectivity index (χ0) is 30.0. The lowest BCUT2D eigenvalue weighted by Gasteiger charge is -2.35. The molecular weight excluding hydrogens is 547 g/mol. The Morgan fingerprint density at radius 2 is 1.18 bits per heavy atom. The molecule has 0 aliphatic carbocycles. The van der Waals surface area contributed by atoms with Gasteiger partial charge in [0.25, 0.3) is 0 Å². The Hall–Kier alpha value is -4.41. The molecule has 0 amide bonds. The molecular formula is C40H41BN2Si. The maximum atomic E-state index is 5.02. The van der Waals surface area contributed by atoms with Crippen molar-refractivity contribution >= 4 is 36.6 Å². The van der Waals surface area contributed by atoms with Crippen LogP contribution in [0.15, 0.2) is 158 Å². The zero-order valence-corrected chi connectivity index (χ0v) is 26.7. The topological polar surface area (TPSA) is 17.8 Å². The predicted molar refractivity (Wildman–Crippen MR) is 191 cm³/mol. The van der Waals surface area contributed by atoms with Gasteiger partial charge in [0, 0.05) is 18.6 Å². The summed E-state index contributed by atoms with van der Waals surface area (Å²) in [4.78, 5) is 5.02. The standard InChI is InChI=1S/C40H41BN2Si/c1-2-3-8-18-33-19-17-28-38(31-33)44(36-24-13-6-14-25-36,37-26-15-7-16-27-37)32-43-30-29-42-40(43)41-39(34-20-9-4-10-21-34)35-22-11-5-12-23-35/h4-7,9-17,19-31,39,41H,2-3,8,18,32H2,1H3. The van der Waals surface area contributed by atoms with Gasteiger partial charge in [-0.05, 0) is 50.9 Å². The lowest BCUT2D eigenvalue weighted by Crippen LogP contribution is -2.70. The van der Waals surface area contributed by atoms with Crippen LogP contribution in [0.3, 0.4) is 0 Å². The smallest absolute Gasteiger partial charge is 0.217 e. The Labute approximate surface area is 264 Å². The summed E-state index contributed by atoms with van der Waals surface area (Å²) in [7, 11) is -1.69. The summed E-state index contributed by atoms with van der Waals surface area (Å²) in [6, 6.07) is 53.9. The summed E-state index contributed by atoms with van der Waals surface area (Å²) in [5, 5.41) is 4.32. The van der Waals surface area contributed by atoms with E-state index >= 15 is 0 Å². The van der Waals surface area contributed by atoms with Gasteiger partial charge in [-0.2, -0.15) is 0 Å². The van der Waals surface area contributed by atoms with Crippen LogP contribution in [-0.4, -0.2) is 24.9 Å². The summed E-state index contributed by atoms with van der Waals surface area (Å²) >= 11 is 0. The van der Waals surface area contributed by atoms with Crippen molar-refractivity contribution in [2.45, 2.75) is 44.6 Å². The molecule has 1 aromatic heterocycles. The first kappa shape index (κ1) is 29.7. The fourth-order valence-corrected chi connectivity index (χ4v) is 11.4. The molecule has 0 atom stereocenters. The summed E-state index contributed by atoms with van der Waals surface area (Å²) in [5.41, 5.74) is 5.22. The van der Waals surface area contributed by atoms with Crippen molar-refractivity contribution in [3.63, 3.8) is 0 Å². The maximum Gasteiger partial charge on any atom is 0.217 e. The molecule has 0 spiro atoms. The fourth-order valence-electron chi connectivity index (χ4n) is 6.70. The third-order valence-corrected chi connectivity index (χ3v) is 13.8. The lowest BCUT2D eigenvalue weighted by atomic mass is 9.58. The third kappa shape index (κ3) is 6.56. The van der Waals surface area contributed by atoms with Gasteiger partial charge in [0.05, 0.1) is 5.72 Å². The van der Waals surface area contributed by atoms with Crippen LogP contribution in [0, 0.1) is 0 Å². The quantitative estimate of drug-likeness (QED) is 0.0896. The van der Waals surface area contributed by atoms with E-state index in [-0.39, 0.29) is 5.82 Å². The van der Waals surface area contributed by atoms with Crippen molar-refractivity contribution in [1.29, 1.82) is 0 Å². The van der Waals surface area contributed by atoms with Gasteiger partial charge in [-0.1, -0.05) is 165 Å². The number of rotatable bonds is 13. The second-order valence-corrected chi connectivity index (χ2v) is 15.7. The van der Waals surface area contributed by atoms with Crippen molar-refractivity contribution in [2.75, 3.05) is 0 Å². The number of imidazole rings is 1. The van der Waals surface area contributed by atoms with Gasteiger partial charge in [0.2, 0.25) is 7.28 Å². The van der Waals surface area contributed by atoms with E-state index in [1.54, 1.807) is 0 Å². The van der Waals surface area contributed by atoms with E-state index in [0.717, 1.165) is 25.6 Å². The van der Waals surface area contributed by atoms with Gasteiger partial charge < -0.3 is 4.57 Å². The van der Waals surface area contributed by atoms with Crippen molar-refractivity contribution in [3.8, 4) is 0 Å². The molecule has 218 valence electrons. The first-order chi connectivity index (χ1) is 21.8. The highest BCUT2D eigenvalue weighted by Gasteiger charge is 2.40. The zero-order valence-electron chi connectivity index (χ0n) is 25.7. The average molecular weight is 589 g/mol. The molecule has 0 saturated heterocycles. The Morgan fingerprint density at radius 3 is 1.75 bits per heavy atom. The molecule has 0 aliphatic rings. The van der Waals surface area contributed by atoms with Crippen molar-refractivity contribution in [2.24, 2.45) is 0 Å². The van der Waals surface area contributed by atoms with Crippen LogP contribution >= 0.6 is 0 Å². The van der Waals surface area contributed by atoms with Gasteiger partial charge in [-0.3, -0.25) is 4.98 Å². The molecule has 0 bridgehead atoms. The minimum Gasteiger partial charge on any atom is -0.345 e. The van der Waals surface area contributed by atoms with E-state index < -0.39 is 8.07 Å². The van der Waals surface area contributed by atoms with E-state index in [0.29, 0.717) is 0 Å². The Balaban J connectivity index is 1.47. The van der Waals surface area contributed by atoms with Crippen LogP contribution in [0.25, 0.3) is 0 Å². The van der Waals surface area contributed by atoms with Gasteiger partial charge >= 0.3 is 0 Å². The molecule has 0 unspecified atom stereocenters. The van der Waals surface area contributed by atoms with Gasteiger partial charge in [0.15, 0.2) is 8.07 Å². The molecule has 0 radical (unpaired) electrons. The molecule has 0 aliphatic heterocycles. The predicted octanol–water partition coefficient (Wildman–Crippen LogP) is 6.18. The largest absolute Gasteiger partial charge is 0.345 e. The van der Waals surface area contributed by atoms with Crippen LogP contribution in [0.4, 0.5) is 0 Å². The Morgan fingerprint density at radius 1 is 0.636 bits per heavy atom. The molecule has 0 saturated carbocycles. The number of benzene rings is 5. The van der Waals surface area contributed by atoms with E-state index in [2.05, 4.69) is 163 Å². The summed E-state index contributed by atoms with van der Waals surface area (Å²) < 4.78 is 2.47. The van der Waals surface area contributed by atoms with Crippen LogP contribution in [0.2, 0.25) is 0 Å². The molecule has 6 aromatic rings. The van der Waals surface area contributed by atoms with Gasteiger partial charge in [-0.15, -0.1) is 0 Å². The second kappa shape index (κ2) is 14.4. The Kier molecular flexibility index (Phi) is 9.69. The number of hydrogen-bond donors (Lipinski definition) is 0. The number of nitrogens with zero attached hydrogens (tertiary/aromatic N) is 2. The first-order valence-corrected chi connectivity index (χ1v) is 18.3. The van der Waals surface area contributed by atoms with E-state index in [1.807, 2.05) is 6.20 Å². The monoisotopic (exact) mass is 588 g/mol. The van der Waals surface area contributed by atoms with E-state index in [1.165, 1.54) is 51.5 Å². The molecule has 0 N–H and O–H groups in total. The van der Waals surface area contributed by atoms with Crippen molar-refractivity contribution in [1.82, 2.24) is 9.55 Å². The van der Waals surface area contributed by atoms with Crippen LogP contribution < -0.4 is 21.3 Å². The fraction of sp³-hybridized carbons (Fsp3) is 0.175. The highest BCUT2D eigenvalue weighted by atomic mass is 28.3. The summed E-state index contributed by atoms with van der Waals surface area (Å²) in [6.45, 7) is 2.28. The number of aromatic nitrogens is 2. The van der Waals surface area contributed by atoms with E-state index in [9.17, 15) is 0 Å². The molecule has 4 heteroatoms. The highest BCUT2D eigenvalue weighted by molar-refractivity contribution is 7.10. The Bertz CT molecular complexity index is 1640. The molecule has 0 fully saturated rings. The highest BCUT2D eigenvalue weighted by Crippen LogP contribution is 2.23. The minimum absolute atomic E-state index is 0.227. The SMILES string of the molecule is CCCCCc1cccc([Si](Cn2ccnc2BC(c2ccccc2)c2ccccc2)(c2ccccc2)c2ccccc2)c1. The molecule has 5 aromatic carbocycles. The normalized spacial score (nSPS) is 11.5. The third-order valence-electron chi connectivity index (χ3n) is 9.02. The number of unbranched alkanes of at least 4 members (excludes halogenated alkanes) is 2. The summed E-state index contributed by atoms with van der Waals surface area (Å²) in [6.07, 6.45) is 9.97. The number of hydrogen-bond acceptors (Lipinski definition) is 1. The maximum absolute atomic E-state index is 5.02. The van der Waals surface area contributed by atoms with Crippen LogP contribution in [0.1, 0.15) is 48.7 Å².